The lowest BCUT2D eigenvalue weighted by Gasteiger charge is -2.18. The van der Waals surface area contributed by atoms with E-state index >= 15 is 0 Å². The molecule has 2 amide bonds. The standard InChI is InChI=1S/C17H16N2O5/c20-16(10-3-4-14-15(8-10)24-7-6-23-14)18-19-17(21)12-9-11(12)13-2-1-5-22-13/h1-5,8,11-12H,6-7,9H2,(H,18,20)(H,19,21). The third kappa shape index (κ3) is 2.80. The Morgan fingerprint density at radius 2 is 1.88 bits per heavy atom. The molecule has 1 aliphatic carbocycles. The number of hydrazine groups is 1. The predicted molar refractivity (Wildman–Crippen MR) is 82.6 cm³/mol. The van der Waals surface area contributed by atoms with Crippen LogP contribution < -0.4 is 20.3 Å². The SMILES string of the molecule is O=C(NNC(=O)C1CC1c1ccco1)c1ccc2c(c1)OCCO2. The van der Waals surface area contributed by atoms with Crippen LogP contribution in [0, 0.1) is 5.92 Å². The van der Waals surface area contributed by atoms with Crippen molar-refractivity contribution in [1.82, 2.24) is 10.9 Å². The minimum Gasteiger partial charge on any atom is -0.486 e. The van der Waals surface area contributed by atoms with Crippen molar-refractivity contribution in [3.05, 3.63) is 47.9 Å². The smallest absolute Gasteiger partial charge is 0.269 e. The summed E-state index contributed by atoms with van der Waals surface area (Å²) < 4.78 is 16.1. The molecule has 0 bridgehead atoms. The lowest BCUT2D eigenvalue weighted by atomic mass is 10.2. The molecule has 2 heterocycles. The highest BCUT2D eigenvalue weighted by atomic mass is 16.6. The Bertz CT molecular complexity index is 771. The van der Waals surface area contributed by atoms with E-state index in [4.69, 9.17) is 13.9 Å². The highest BCUT2D eigenvalue weighted by molar-refractivity contribution is 5.96. The number of carbonyl (C=O) groups excluding carboxylic acids is 2. The summed E-state index contributed by atoms with van der Waals surface area (Å²) in [4.78, 5) is 24.2. The molecular weight excluding hydrogens is 312 g/mol. The molecule has 1 fully saturated rings. The average molecular weight is 328 g/mol. The van der Waals surface area contributed by atoms with Crippen LogP contribution in [0.25, 0.3) is 0 Å². The average Bonchev–Trinajstić information content (AvgIpc) is 3.24. The molecule has 4 rings (SSSR count). The van der Waals surface area contributed by atoms with Crippen LogP contribution in [0.2, 0.25) is 0 Å². The van der Waals surface area contributed by atoms with E-state index < -0.39 is 5.91 Å². The number of fused-ring (bicyclic) bond motifs is 1. The van der Waals surface area contributed by atoms with Gasteiger partial charge in [0, 0.05) is 11.5 Å². The van der Waals surface area contributed by atoms with Crippen LogP contribution in [0.15, 0.2) is 41.0 Å². The zero-order valence-corrected chi connectivity index (χ0v) is 12.8. The minimum atomic E-state index is -0.407. The van der Waals surface area contributed by atoms with Crippen molar-refractivity contribution in [3.63, 3.8) is 0 Å². The maximum absolute atomic E-state index is 12.1. The van der Waals surface area contributed by atoms with Crippen molar-refractivity contribution in [1.29, 1.82) is 0 Å². The number of benzene rings is 1. The van der Waals surface area contributed by atoms with Crippen LogP contribution >= 0.6 is 0 Å². The fourth-order valence-electron chi connectivity index (χ4n) is 2.77. The second kappa shape index (κ2) is 5.92. The minimum absolute atomic E-state index is 0.0891. The summed E-state index contributed by atoms with van der Waals surface area (Å²) in [5.41, 5.74) is 5.28. The zero-order valence-electron chi connectivity index (χ0n) is 12.8. The van der Waals surface area contributed by atoms with E-state index in [2.05, 4.69) is 10.9 Å². The molecule has 24 heavy (non-hydrogen) atoms. The van der Waals surface area contributed by atoms with Gasteiger partial charge < -0.3 is 13.9 Å². The summed E-state index contributed by atoms with van der Waals surface area (Å²) in [5, 5.41) is 0. The number of carbonyl (C=O) groups is 2. The van der Waals surface area contributed by atoms with Crippen molar-refractivity contribution in [2.45, 2.75) is 12.3 Å². The summed E-state index contributed by atoms with van der Waals surface area (Å²) in [6.07, 6.45) is 2.31. The monoisotopic (exact) mass is 328 g/mol. The molecule has 1 saturated carbocycles. The lowest BCUT2D eigenvalue weighted by molar-refractivity contribution is -0.123. The van der Waals surface area contributed by atoms with Crippen LogP contribution in [0.3, 0.4) is 0 Å². The van der Waals surface area contributed by atoms with Crippen LogP contribution in [0.5, 0.6) is 11.5 Å². The van der Waals surface area contributed by atoms with Gasteiger partial charge in [-0.3, -0.25) is 20.4 Å². The van der Waals surface area contributed by atoms with Crippen molar-refractivity contribution in [2.24, 2.45) is 5.92 Å². The van der Waals surface area contributed by atoms with Gasteiger partial charge in [0.1, 0.15) is 19.0 Å². The number of hydrogen-bond donors (Lipinski definition) is 2. The zero-order chi connectivity index (χ0) is 16.5. The number of rotatable bonds is 3. The summed E-state index contributed by atoms with van der Waals surface area (Å²) >= 11 is 0. The summed E-state index contributed by atoms with van der Waals surface area (Å²) in [5.74, 6) is 1.23. The third-order valence-electron chi connectivity index (χ3n) is 4.14. The first-order valence-corrected chi connectivity index (χ1v) is 7.75. The summed E-state index contributed by atoms with van der Waals surface area (Å²) in [6.45, 7) is 0.942. The van der Waals surface area contributed by atoms with E-state index in [0.29, 0.717) is 30.3 Å². The molecule has 2 N–H and O–H groups in total. The maximum atomic E-state index is 12.1. The van der Waals surface area contributed by atoms with E-state index in [9.17, 15) is 9.59 Å². The molecule has 1 aromatic carbocycles. The highest BCUT2D eigenvalue weighted by Crippen LogP contribution is 2.47. The van der Waals surface area contributed by atoms with Gasteiger partial charge in [-0.2, -0.15) is 0 Å². The molecule has 0 saturated heterocycles. The molecule has 7 heteroatoms. The van der Waals surface area contributed by atoms with Crippen LogP contribution in [-0.2, 0) is 4.79 Å². The molecule has 1 aliphatic heterocycles. The topological polar surface area (TPSA) is 89.8 Å². The van der Waals surface area contributed by atoms with E-state index in [1.807, 2.05) is 6.07 Å². The van der Waals surface area contributed by atoms with Crippen molar-refractivity contribution >= 4 is 11.8 Å². The number of furan rings is 1. The van der Waals surface area contributed by atoms with Crippen molar-refractivity contribution < 1.29 is 23.5 Å². The maximum Gasteiger partial charge on any atom is 0.269 e. The Labute approximate surface area is 137 Å². The van der Waals surface area contributed by atoms with Gasteiger partial charge in [0.25, 0.3) is 5.91 Å². The fourth-order valence-corrected chi connectivity index (χ4v) is 2.77. The first-order chi connectivity index (χ1) is 11.7. The fraction of sp³-hybridized carbons (Fsp3) is 0.294. The van der Waals surface area contributed by atoms with E-state index in [1.54, 1.807) is 30.5 Å². The van der Waals surface area contributed by atoms with E-state index in [0.717, 1.165) is 12.2 Å². The van der Waals surface area contributed by atoms with Crippen molar-refractivity contribution in [3.8, 4) is 11.5 Å². The van der Waals surface area contributed by atoms with Gasteiger partial charge in [-0.15, -0.1) is 0 Å². The Morgan fingerprint density at radius 1 is 1.04 bits per heavy atom. The van der Waals surface area contributed by atoms with E-state index in [-0.39, 0.29) is 17.7 Å². The second-order valence-electron chi connectivity index (χ2n) is 5.77. The summed E-state index contributed by atoms with van der Waals surface area (Å²) in [6, 6.07) is 8.55. The first-order valence-electron chi connectivity index (χ1n) is 7.75. The van der Waals surface area contributed by atoms with Crippen LogP contribution in [0.4, 0.5) is 0 Å². The van der Waals surface area contributed by atoms with Crippen LogP contribution in [0.1, 0.15) is 28.5 Å². The Morgan fingerprint density at radius 3 is 2.67 bits per heavy atom. The Kier molecular flexibility index (Phi) is 3.60. The molecule has 0 radical (unpaired) electrons. The molecule has 0 spiro atoms. The number of hydrogen-bond acceptors (Lipinski definition) is 5. The number of ether oxygens (including phenoxy) is 2. The van der Waals surface area contributed by atoms with Crippen LogP contribution in [-0.4, -0.2) is 25.0 Å². The van der Waals surface area contributed by atoms with Gasteiger partial charge in [-0.05, 0) is 36.8 Å². The quantitative estimate of drug-likeness (QED) is 0.836. The van der Waals surface area contributed by atoms with Gasteiger partial charge >= 0.3 is 0 Å². The molecule has 2 unspecified atom stereocenters. The second-order valence-corrected chi connectivity index (χ2v) is 5.77. The van der Waals surface area contributed by atoms with E-state index in [1.165, 1.54) is 0 Å². The van der Waals surface area contributed by atoms with Gasteiger partial charge in [0.05, 0.1) is 12.2 Å². The molecule has 1 aromatic heterocycles. The molecule has 7 nitrogen and oxygen atoms in total. The van der Waals surface area contributed by atoms with Gasteiger partial charge in [0.15, 0.2) is 11.5 Å². The number of nitrogens with one attached hydrogen (secondary N) is 2. The first kappa shape index (κ1) is 14.6. The highest BCUT2D eigenvalue weighted by Gasteiger charge is 2.46. The third-order valence-corrected chi connectivity index (χ3v) is 4.14. The molecule has 124 valence electrons. The molecular formula is C17H16N2O5. The Hall–Kier alpha value is -2.96. The predicted octanol–water partition coefficient (Wildman–Crippen LogP) is 1.62. The molecule has 2 atom stereocenters. The van der Waals surface area contributed by atoms with Gasteiger partial charge in [-0.1, -0.05) is 0 Å². The molecule has 2 aromatic rings. The number of amides is 2. The van der Waals surface area contributed by atoms with Crippen molar-refractivity contribution in [2.75, 3.05) is 13.2 Å². The normalized spacial score (nSPS) is 21.0. The summed E-state index contributed by atoms with van der Waals surface area (Å²) in [7, 11) is 0. The molecule has 2 aliphatic rings. The van der Waals surface area contributed by atoms with Gasteiger partial charge in [0.2, 0.25) is 5.91 Å². The lowest BCUT2D eigenvalue weighted by Crippen LogP contribution is -2.42. The van der Waals surface area contributed by atoms with Gasteiger partial charge in [-0.25, -0.2) is 0 Å². The largest absolute Gasteiger partial charge is 0.486 e. The Balaban J connectivity index is 1.33.